The molecule has 1 aromatic heterocycles. The number of methoxy groups -OCH3 is 2. The molecule has 0 unspecified atom stereocenters. The predicted molar refractivity (Wildman–Crippen MR) is 131 cm³/mol. The molecule has 0 saturated heterocycles. The first-order valence-corrected chi connectivity index (χ1v) is 12.1. The molecule has 0 aliphatic carbocycles. The van der Waals surface area contributed by atoms with Gasteiger partial charge in [0.05, 0.1) is 30.9 Å². The van der Waals surface area contributed by atoms with E-state index >= 15 is 0 Å². The zero-order chi connectivity index (χ0) is 24.4. The van der Waals surface area contributed by atoms with Crippen molar-refractivity contribution in [2.75, 3.05) is 14.2 Å². The zero-order valence-corrected chi connectivity index (χ0v) is 20.9. The number of thiophene rings is 1. The molecule has 1 N–H and O–H groups in total. The van der Waals surface area contributed by atoms with Crippen LogP contribution in [0.2, 0.25) is 0 Å². The Hall–Kier alpha value is -2.64. The van der Waals surface area contributed by atoms with Gasteiger partial charge in [-0.1, -0.05) is 26.8 Å². The average molecular weight is 475 g/mol. The van der Waals surface area contributed by atoms with Crippen LogP contribution >= 0.6 is 11.3 Å². The topological polar surface area (TPSA) is 82.1 Å². The second-order valence-electron chi connectivity index (χ2n) is 7.85. The maximum Gasteiger partial charge on any atom is 0.338 e. The highest BCUT2D eigenvalue weighted by Crippen LogP contribution is 2.29. The molecule has 0 atom stereocenters. The third kappa shape index (κ3) is 7.17. The van der Waals surface area contributed by atoms with E-state index in [0.717, 1.165) is 37.7 Å². The van der Waals surface area contributed by atoms with Crippen molar-refractivity contribution in [2.45, 2.75) is 65.1 Å². The molecule has 1 heterocycles. The molecule has 7 heteroatoms. The molecule has 0 amide bonds. The van der Waals surface area contributed by atoms with Crippen molar-refractivity contribution in [1.82, 2.24) is 0 Å². The van der Waals surface area contributed by atoms with Crippen LogP contribution in [0.5, 0.6) is 5.75 Å². The highest BCUT2D eigenvalue weighted by Gasteiger charge is 2.21. The highest BCUT2D eigenvalue weighted by molar-refractivity contribution is 7.11. The summed E-state index contributed by atoms with van der Waals surface area (Å²) in [4.78, 5) is 25.2. The first-order valence-electron chi connectivity index (χ1n) is 11.2. The molecule has 0 fully saturated rings. The summed E-state index contributed by atoms with van der Waals surface area (Å²) in [5.74, 6) is -0.783. The third-order valence-electron chi connectivity index (χ3n) is 5.87. The fraction of sp³-hybridized carbons (Fsp3) is 0.462. The van der Waals surface area contributed by atoms with Gasteiger partial charge >= 0.3 is 11.9 Å². The van der Waals surface area contributed by atoms with Gasteiger partial charge in [-0.2, -0.15) is 0 Å². The summed E-state index contributed by atoms with van der Waals surface area (Å²) >= 11 is 1.66. The average Bonchev–Trinajstić information content (AvgIpc) is 3.32. The van der Waals surface area contributed by atoms with Crippen molar-refractivity contribution in [3.63, 3.8) is 0 Å². The van der Waals surface area contributed by atoms with Crippen LogP contribution < -0.4 is 4.74 Å². The number of esters is 2. The minimum Gasteiger partial charge on any atom is -0.489 e. The van der Waals surface area contributed by atoms with Gasteiger partial charge in [-0.3, -0.25) is 0 Å². The Labute approximate surface area is 200 Å². The van der Waals surface area contributed by atoms with E-state index in [4.69, 9.17) is 14.2 Å². The van der Waals surface area contributed by atoms with Gasteiger partial charge in [-0.15, -0.1) is 11.3 Å². The lowest BCUT2D eigenvalue weighted by Gasteiger charge is -2.24. The van der Waals surface area contributed by atoms with E-state index in [0.29, 0.717) is 12.4 Å². The van der Waals surface area contributed by atoms with E-state index < -0.39 is 17.5 Å². The van der Waals surface area contributed by atoms with Crippen LogP contribution in [0.15, 0.2) is 35.7 Å². The number of hydrogen-bond acceptors (Lipinski definition) is 7. The normalized spacial score (nSPS) is 11.9. The lowest BCUT2D eigenvalue weighted by Crippen LogP contribution is -2.25. The van der Waals surface area contributed by atoms with E-state index in [1.807, 2.05) is 13.8 Å². The predicted octanol–water partition coefficient (Wildman–Crippen LogP) is 6.03. The third-order valence-corrected chi connectivity index (χ3v) is 6.93. The van der Waals surface area contributed by atoms with Gasteiger partial charge in [-0.05, 0) is 67.3 Å². The number of carbonyl (C=O) groups is 2. The van der Waals surface area contributed by atoms with E-state index in [1.54, 1.807) is 17.4 Å². The second kappa shape index (κ2) is 12.6. The number of allylic oxidation sites excluding steroid dienone is 2. The zero-order valence-electron chi connectivity index (χ0n) is 20.1. The fourth-order valence-electron chi connectivity index (χ4n) is 3.50. The Morgan fingerprint density at radius 3 is 2.30 bits per heavy atom. The van der Waals surface area contributed by atoms with Gasteiger partial charge in [0.25, 0.3) is 0 Å². The van der Waals surface area contributed by atoms with Gasteiger partial charge in [0.15, 0.2) is 0 Å². The fourth-order valence-corrected chi connectivity index (χ4v) is 4.52. The van der Waals surface area contributed by atoms with Gasteiger partial charge in [0, 0.05) is 10.4 Å². The van der Waals surface area contributed by atoms with E-state index in [-0.39, 0.29) is 11.1 Å². The van der Waals surface area contributed by atoms with Gasteiger partial charge < -0.3 is 19.3 Å². The quantitative estimate of drug-likeness (QED) is 0.379. The molecule has 180 valence electrons. The first kappa shape index (κ1) is 26.6. The monoisotopic (exact) mass is 474 g/mol. The van der Waals surface area contributed by atoms with E-state index in [9.17, 15) is 14.7 Å². The summed E-state index contributed by atoms with van der Waals surface area (Å²) in [5.41, 5.74) is 1.92. The summed E-state index contributed by atoms with van der Waals surface area (Å²) < 4.78 is 15.4. The first-order chi connectivity index (χ1) is 15.8. The van der Waals surface area contributed by atoms with Crippen LogP contribution in [0.3, 0.4) is 0 Å². The minimum absolute atomic E-state index is 0.100. The summed E-state index contributed by atoms with van der Waals surface area (Å²) in [6, 6.07) is 6.73. The van der Waals surface area contributed by atoms with Crippen molar-refractivity contribution in [2.24, 2.45) is 0 Å². The molecule has 6 nitrogen and oxygen atoms in total. The van der Waals surface area contributed by atoms with Crippen LogP contribution in [0, 0.1) is 0 Å². The van der Waals surface area contributed by atoms with Gasteiger partial charge in [-0.25, -0.2) is 9.59 Å². The molecule has 0 radical (unpaired) electrons. The minimum atomic E-state index is -0.630. The summed E-state index contributed by atoms with van der Waals surface area (Å²) in [5, 5.41) is 12.6. The van der Waals surface area contributed by atoms with Crippen molar-refractivity contribution in [3.8, 4) is 5.75 Å². The summed E-state index contributed by atoms with van der Waals surface area (Å²) in [6.07, 6.45) is 6.26. The Kier molecular flexibility index (Phi) is 10.1. The lowest BCUT2D eigenvalue weighted by atomic mass is 9.91. The molecule has 0 bridgehead atoms. The SMILES string of the molecule is CC/C(=C\CCC(O)(CC)CC)c1cc(COc2ccc(C(=O)OC)c(C(=O)OC)c2)cs1. The molecule has 2 aromatic rings. The smallest absolute Gasteiger partial charge is 0.338 e. The second-order valence-corrected chi connectivity index (χ2v) is 8.76. The molecule has 1 aromatic carbocycles. The molecular formula is C26H34O6S. The van der Waals surface area contributed by atoms with Crippen LogP contribution in [-0.2, 0) is 16.1 Å². The van der Waals surface area contributed by atoms with Gasteiger partial charge in [0.2, 0.25) is 0 Å². The number of carbonyl (C=O) groups excluding carboxylic acids is 2. The molecule has 33 heavy (non-hydrogen) atoms. The number of ether oxygens (including phenoxy) is 3. The van der Waals surface area contributed by atoms with Crippen molar-refractivity contribution >= 4 is 28.8 Å². The van der Waals surface area contributed by atoms with Crippen LogP contribution in [0.25, 0.3) is 5.57 Å². The van der Waals surface area contributed by atoms with E-state index in [2.05, 4.69) is 24.4 Å². The Morgan fingerprint density at radius 2 is 1.70 bits per heavy atom. The van der Waals surface area contributed by atoms with Crippen LogP contribution in [-0.4, -0.2) is 36.9 Å². The molecule has 2 rings (SSSR count). The Morgan fingerprint density at radius 1 is 1.03 bits per heavy atom. The summed E-state index contributed by atoms with van der Waals surface area (Å²) in [7, 11) is 2.52. The van der Waals surface area contributed by atoms with Gasteiger partial charge in [0.1, 0.15) is 12.4 Å². The maximum absolute atomic E-state index is 12.1. The highest BCUT2D eigenvalue weighted by atomic mass is 32.1. The Balaban J connectivity index is 2.09. The number of benzene rings is 1. The van der Waals surface area contributed by atoms with Crippen LogP contribution in [0.4, 0.5) is 0 Å². The number of hydrogen-bond donors (Lipinski definition) is 1. The molecule has 0 aliphatic rings. The molecular weight excluding hydrogens is 440 g/mol. The van der Waals surface area contributed by atoms with Crippen molar-refractivity contribution < 1.29 is 28.9 Å². The molecule has 0 spiro atoms. The van der Waals surface area contributed by atoms with Crippen molar-refractivity contribution in [1.29, 1.82) is 0 Å². The maximum atomic E-state index is 12.1. The number of aliphatic hydroxyl groups is 1. The van der Waals surface area contributed by atoms with Crippen molar-refractivity contribution in [3.05, 3.63) is 57.3 Å². The molecule has 0 saturated carbocycles. The largest absolute Gasteiger partial charge is 0.489 e. The molecule has 0 aliphatic heterocycles. The number of rotatable bonds is 12. The standard InChI is InChI=1S/C26H34O6S/c1-6-19(10-9-13-26(29,7-2)8-3)23-14-18(17-33-23)16-32-20-11-12-21(24(27)30-4)22(15-20)25(28)31-5/h10-12,14-15,17,29H,6-9,13,16H2,1-5H3/b19-10+. The van der Waals surface area contributed by atoms with Crippen LogP contribution in [0.1, 0.15) is 84.0 Å². The van der Waals surface area contributed by atoms with E-state index in [1.165, 1.54) is 36.8 Å². The Bertz CT molecular complexity index is 971. The lowest BCUT2D eigenvalue weighted by molar-refractivity contribution is 0.0246. The summed E-state index contributed by atoms with van der Waals surface area (Å²) in [6.45, 7) is 6.51.